The predicted octanol–water partition coefficient (Wildman–Crippen LogP) is 2.88. The third kappa shape index (κ3) is 3.15. The molecule has 0 aromatic carbocycles. The van der Waals surface area contributed by atoms with Crippen molar-refractivity contribution in [3.8, 4) is 0 Å². The Kier molecular flexibility index (Phi) is 4.33. The van der Waals surface area contributed by atoms with E-state index in [-0.39, 0.29) is 18.0 Å². The van der Waals surface area contributed by atoms with Gasteiger partial charge in [0.1, 0.15) is 5.65 Å². The van der Waals surface area contributed by atoms with E-state index in [0.717, 1.165) is 60.0 Å². The number of likely N-dealkylation sites (tertiary alicyclic amines) is 1. The van der Waals surface area contributed by atoms with Crippen LogP contribution in [-0.2, 0) is 19.9 Å². The number of alkyl halides is 3. The van der Waals surface area contributed by atoms with Crippen LogP contribution in [-0.4, -0.2) is 45.5 Å². The van der Waals surface area contributed by atoms with Gasteiger partial charge >= 0.3 is 6.18 Å². The Hall–Kier alpha value is -1.83. The Morgan fingerprint density at radius 3 is 2.69 bits per heavy atom. The van der Waals surface area contributed by atoms with Gasteiger partial charge in [-0.1, -0.05) is 0 Å². The summed E-state index contributed by atoms with van der Waals surface area (Å²) in [6, 6.07) is 0. The largest absolute Gasteiger partial charge is 0.390 e. The second kappa shape index (κ2) is 6.40. The van der Waals surface area contributed by atoms with Crippen molar-refractivity contribution in [2.45, 2.75) is 50.6 Å². The molecule has 0 radical (unpaired) electrons. The van der Waals surface area contributed by atoms with Crippen molar-refractivity contribution in [2.24, 2.45) is 7.05 Å². The molecule has 1 aliphatic heterocycles. The summed E-state index contributed by atoms with van der Waals surface area (Å²) in [5.41, 5.74) is 3.61. The molecule has 1 aliphatic carbocycles. The Bertz CT molecular complexity index is 883. The molecule has 5 nitrogen and oxygen atoms in total. The van der Waals surface area contributed by atoms with Crippen LogP contribution in [0, 0.1) is 0 Å². The maximum absolute atomic E-state index is 12.5. The standard InChI is InChI=1S/C18H23F3N4O/c1-24-16-14(12-4-2-3-5-13(12)17(26)22-16)15(23-24)11-6-8-25(10-11)9-7-18(19,20)21/h11H,2-10H2,1H3,(H,22,26). The highest BCUT2D eigenvalue weighted by Crippen LogP contribution is 2.35. The minimum atomic E-state index is -4.12. The van der Waals surface area contributed by atoms with Gasteiger partial charge in [-0.05, 0) is 44.2 Å². The van der Waals surface area contributed by atoms with Crippen LogP contribution < -0.4 is 5.56 Å². The Balaban J connectivity index is 1.66. The summed E-state index contributed by atoms with van der Waals surface area (Å²) < 4.78 is 39.2. The smallest absolute Gasteiger partial charge is 0.307 e. The number of nitrogens with one attached hydrogen (secondary N) is 1. The monoisotopic (exact) mass is 368 g/mol. The third-order valence-corrected chi connectivity index (χ3v) is 5.72. The van der Waals surface area contributed by atoms with Crippen molar-refractivity contribution < 1.29 is 13.2 Å². The van der Waals surface area contributed by atoms with E-state index in [2.05, 4.69) is 10.1 Å². The number of rotatable bonds is 3. The zero-order valence-electron chi connectivity index (χ0n) is 14.8. The normalized spacial score (nSPS) is 21.5. The first kappa shape index (κ1) is 17.6. The summed E-state index contributed by atoms with van der Waals surface area (Å²) in [6.45, 7) is 1.29. The number of halogens is 3. The molecule has 0 bridgehead atoms. The summed E-state index contributed by atoms with van der Waals surface area (Å²) in [6.07, 6.45) is -0.345. The molecule has 1 N–H and O–H groups in total. The third-order valence-electron chi connectivity index (χ3n) is 5.72. The van der Waals surface area contributed by atoms with Gasteiger partial charge in [-0.15, -0.1) is 0 Å². The molecule has 1 unspecified atom stereocenters. The summed E-state index contributed by atoms with van der Waals surface area (Å²) in [4.78, 5) is 17.2. The molecule has 8 heteroatoms. The van der Waals surface area contributed by atoms with Gasteiger partial charge in [0, 0.05) is 37.0 Å². The van der Waals surface area contributed by atoms with Crippen LogP contribution in [0.4, 0.5) is 13.2 Å². The maximum atomic E-state index is 12.5. The maximum Gasteiger partial charge on any atom is 0.390 e. The van der Waals surface area contributed by atoms with Gasteiger partial charge in [-0.3, -0.25) is 9.48 Å². The number of pyridine rings is 1. The number of fused-ring (bicyclic) bond motifs is 3. The second-order valence-corrected chi connectivity index (χ2v) is 7.50. The average molecular weight is 368 g/mol. The number of aromatic nitrogens is 3. The van der Waals surface area contributed by atoms with Crippen LogP contribution in [0.5, 0.6) is 0 Å². The quantitative estimate of drug-likeness (QED) is 0.906. The molecule has 1 fully saturated rings. The molecule has 1 saturated heterocycles. The van der Waals surface area contributed by atoms with E-state index < -0.39 is 12.6 Å². The highest BCUT2D eigenvalue weighted by Gasteiger charge is 2.33. The summed E-state index contributed by atoms with van der Waals surface area (Å²) in [5.74, 6) is 0.115. The van der Waals surface area contributed by atoms with Crippen molar-refractivity contribution >= 4 is 11.0 Å². The first-order valence-electron chi connectivity index (χ1n) is 9.23. The van der Waals surface area contributed by atoms with Gasteiger partial charge in [0.2, 0.25) is 0 Å². The van der Waals surface area contributed by atoms with Crippen LogP contribution in [0.2, 0.25) is 0 Å². The lowest BCUT2D eigenvalue weighted by Gasteiger charge is -2.18. The molecule has 3 heterocycles. The number of hydrogen-bond acceptors (Lipinski definition) is 3. The molecule has 26 heavy (non-hydrogen) atoms. The van der Waals surface area contributed by atoms with Crippen LogP contribution >= 0.6 is 0 Å². The van der Waals surface area contributed by atoms with E-state index in [4.69, 9.17) is 0 Å². The molecule has 142 valence electrons. The number of H-pyrrole nitrogens is 1. The van der Waals surface area contributed by atoms with Crippen molar-refractivity contribution in [1.82, 2.24) is 19.7 Å². The summed E-state index contributed by atoms with van der Waals surface area (Å²) >= 11 is 0. The van der Waals surface area contributed by atoms with E-state index in [1.807, 2.05) is 11.9 Å². The minimum absolute atomic E-state index is 0.0278. The number of nitrogens with zero attached hydrogens (tertiary/aromatic N) is 3. The predicted molar refractivity (Wildman–Crippen MR) is 92.4 cm³/mol. The van der Waals surface area contributed by atoms with Gasteiger partial charge < -0.3 is 9.88 Å². The van der Waals surface area contributed by atoms with E-state index in [1.165, 1.54) is 0 Å². The highest BCUT2D eigenvalue weighted by atomic mass is 19.4. The lowest BCUT2D eigenvalue weighted by Crippen LogP contribution is -2.26. The van der Waals surface area contributed by atoms with Crippen molar-refractivity contribution in [2.75, 3.05) is 19.6 Å². The van der Waals surface area contributed by atoms with Crippen molar-refractivity contribution in [3.05, 3.63) is 27.2 Å². The molecule has 2 aliphatic rings. The van der Waals surface area contributed by atoms with E-state index in [0.29, 0.717) is 13.1 Å². The van der Waals surface area contributed by atoms with Gasteiger partial charge in [-0.25, -0.2) is 0 Å². The number of hydrogen-bond donors (Lipinski definition) is 1. The molecule has 2 aromatic heterocycles. The lowest BCUT2D eigenvalue weighted by molar-refractivity contribution is -0.137. The van der Waals surface area contributed by atoms with Crippen LogP contribution in [0.25, 0.3) is 11.0 Å². The lowest BCUT2D eigenvalue weighted by atomic mass is 9.88. The topological polar surface area (TPSA) is 53.9 Å². The van der Waals surface area contributed by atoms with Gasteiger partial charge in [-0.2, -0.15) is 18.3 Å². The zero-order chi connectivity index (χ0) is 18.5. The Morgan fingerprint density at radius 1 is 1.23 bits per heavy atom. The Morgan fingerprint density at radius 2 is 1.96 bits per heavy atom. The first-order chi connectivity index (χ1) is 12.3. The molecule has 0 spiro atoms. The fourth-order valence-corrected chi connectivity index (χ4v) is 4.43. The minimum Gasteiger partial charge on any atom is -0.307 e. The Labute approximate surface area is 149 Å². The highest BCUT2D eigenvalue weighted by molar-refractivity contribution is 5.84. The zero-order valence-corrected chi connectivity index (χ0v) is 14.8. The second-order valence-electron chi connectivity index (χ2n) is 7.50. The number of aryl methyl sites for hydroxylation is 2. The molecular weight excluding hydrogens is 345 g/mol. The van der Waals surface area contributed by atoms with E-state index in [1.54, 1.807) is 4.68 Å². The average Bonchev–Trinajstić information content (AvgIpc) is 3.18. The van der Waals surface area contributed by atoms with E-state index in [9.17, 15) is 18.0 Å². The van der Waals surface area contributed by atoms with Crippen molar-refractivity contribution in [1.29, 1.82) is 0 Å². The fraction of sp³-hybridized carbons (Fsp3) is 0.667. The molecule has 0 saturated carbocycles. The van der Waals surface area contributed by atoms with Gasteiger partial charge in [0.25, 0.3) is 5.56 Å². The van der Waals surface area contributed by atoms with Crippen molar-refractivity contribution in [3.63, 3.8) is 0 Å². The van der Waals surface area contributed by atoms with Crippen LogP contribution in [0.15, 0.2) is 4.79 Å². The SMILES string of the molecule is Cn1nc(C2CCN(CCC(F)(F)F)C2)c2c3c(c(=O)[nH]c21)CCCC3. The van der Waals surface area contributed by atoms with Crippen LogP contribution in [0.1, 0.15) is 48.4 Å². The first-order valence-corrected chi connectivity index (χ1v) is 9.23. The molecule has 0 amide bonds. The summed E-state index contributed by atoms with van der Waals surface area (Å²) in [5, 5.41) is 5.69. The van der Waals surface area contributed by atoms with Gasteiger partial charge in [0.15, 0.2) is 0 Å². The summed E-state index contributed by atoms with van der Waals surface area (Å²) in [7, 11) is 1.81. The fourth-order valence-electron chi connectivity index (χ4n) is 4.43. The molecule has 1 atom stereocenters. The molecular formula is C18H23F3N4O. The molecule has 2 aromatic rings. The molecule has 4 rings (SSSR count). The van der Waals surface area contributed by atoms with Crippen LogP contribution in [0.3, 0.4) is 0 Å². The number of aromatic amines is 1. The van der Waals surface area contributed by atoms with Gasteiger partial charge in [0.05, 0.1) is 12.1 Å². The van der Waals surface area contributed by atoms with E-state index >= 15 is 0 Å².